The molecule has 1 aliphatic rings. The summed E-state index contributed by atoms with van der Waals surface area (Å²) in [5, 5.41) is 10.4. The molecule has 1 amide bonds. The molecule has 0 aliphatic carbocycles. The molecule has 0 atom stereocenters. The van der Waals surface area contributed by atoms with E-state index in [9.17, 15) is 9.90 Å². The highest BCUT2D eigenvalue weighted by atomic mass is 16.3. The molecule has 4 N–H and O–H groups in total. The largest absolute Gasteiger partial charge is 0.399 e. The van der Waals surface area contributed by atoms with Gasteiger partial charge in [0, 0.05) is 35.9 Å². The van der Waals surface area contributed by atoms with Crippen LogP contribution in [0.15, 0.2) is 24.4 Å². The Kier molecular flexibility index (Phi) is 2.91. The second-order valence-corrected chi connectivity index (χ2v) is 5.03. The van der Waals surface area contributed by atoms with Crippen molar-refractivity contribution < 1.29 is 9.90 Å². The van der Waals surface area contributed by atoms with Crippen molar-refractivity contribution in [1.82, 2.24) is 9.88 Å². The van der Waals surface area contributed by atoms with E-state index in [4.69, 9.17) is 5.73 Å². The third kappa shape index (κ3) is 2.17. The first-order valence-corrected chi connectivity index (χ1v) is 6.49. The normalized spacial score (nSPS) is 17.0. The van der Waals surface area contributed by atoms with Crippen molar-refractivity contribution in [3.63, 3.8) is 0 Å². The van der Waals surface area contributed by atoms with Gasteiger partial charge in [-0.05, 0) is 31.0 Å². The van der Waals surface area contributed by atoms with E-state index in [0.717, 1.165) is 10.9 Å². The van der Waals surface area contributed by atoms with Crippen LogP contribution < -0.4 is 5.73 Å². The molecular weight excluding hydrogens is 242 g/mol. The molecule has 5 heteroatoms. The smallest absolute Gasteiger partial charge is 0.256 e. The SMILES string of the molecule is Nc1ccc2c(C(=O)N3CCC(O)CC3)c[nH]c2c1. The van der Waals surface area contributed by atoms with E-state index in [1.807, 2.05) is 12.1 Å². The van der Waals surface area contributed by atoms with E-state index in [1.54, 1.807) is 17.2 Å². The van der Waals surface area contributed by atoms with Gasteiger partial charge >= 0.3 is 0 Å². The van der Waals surface area contributed by atoms with E-state index in [1.165, 1.54) is 0 Å². The highest BCUT2D eigenvalue weighted by Gasteiger charge is 2.24. The molecule has 1 aliphatic heterocycles. The zero-order valence-electron chi connectivity index (χ0n) is 10.6. The number of carbonyl (C=O) groups excluding carboxylic acids is 1. The summed E-state index contributed by atoms with van der Waals surface area (Å²) in [6.07, 6.45) is 2.77. The third-order valence-electron chi connectivity index (χ3n) is 3.69. The van der Waals surface area contributed by atoms with Gasteiger partial charge in [-0.2, -0.15) is 0 Å². The zero-order valence-corrected chi connectivity index (χ0v) is 10.6. The van der Waals surface area contributed by atoms with Crippen LogP contribution in [0.4, 0.5) is 5.69 Å². The quantitative estimate of drug-likeness (QED) is 0.676. The Morgan fingerprint density at radius 1 is 1.37 bits per heavy atom. The molecule has 1 aromatic heterocycles. The first-order chi connectivity index (χ1) is 9.15. The summed E-state index contributed by atoms with van der Waals surface area (Å²) in [6.45, 7) is 1.23. The van der Waals surface area contributed by atoms with E-state index < -0.39 is 0 Å². The number of benzene rings is 1. The Bertz CT molecular complexity index is 612. The van der Waals surface area contributed by atoms with Crippen LogP contribution >= 0.6 is 0 Å². The lowest BCUT2D eigenvalue weighted by molar-refractivity contribution is 0.0548. The topological polar surface area (TPSA) is 82.3 Å². The number of piperidine rings is 1. The molecule has 5 nitrogen and oxygen atoms in total. The summed E-state index contributed by atoms with van der Waals surface area (Å²) >= 11 is 0. The molecule has 0 unspecified atom stereocenters. The summed E-state index contributed by atoms with van der Waals surface area (Å²) < 4.78 is 0. The van der Waals surface area contributed by atoms with Crippen LogP contribution in [0.25, 0.3) is 10.9 Å². The lowest BCUT2D eigenvalue weighted by atomic mass is 10.1. The van der Waals surface area contributed by atoms with Crippen molar-refractivity contribution >= 4 is 22.5 Å². The number of amides is 1. The number of nitrogen functional groups attached to an aromatic ring is 1. The van der Waals surface area contributed by atoms with E-state index in [2.05, 4.69) is 4.98 Å². The molecule has 19 heavy (non-hydrogen) atoms. The van der Waals surface area contributed by atoms with Gasteiger partial charge in [-0.25, -0.2) is 0 Å². The Morgan fingerprint density at radius 2 is 2.11 bits per heavy atom. The molecule has 0 spiro atoms. The number of hydrogen-bond donors (Lipinski definition) is 3. The number of H-pyrrole nitrogens is 1. The molecule has 0 radical (unpaired) electrons. The number of nitrogens with zero attached hydrogens (tertiary/aromatic N) is 1. The van der Waals surface area contributed by atoms with Crippen molar-refractivity contribution in [1.29, 1.82) is 0 Å². The van der Waals surface area contributed by atoms with Gasteiger partial charge < -0.3 is 20.7 Å². The standard InChI is InChI=1S/C14H17N3O2/c15-9-1-2-11-12(8-16-13(11)7-9)14(19)17-5-3-10(18)4-6-17/h1-2,7-8,10,16,18H,3-6,15H2. The molecule has 0 saturated carbocycles. The Morgan fingerprint density at radius 3 is 2.84 bits per heavy atom. The average molecular weight is 259 g/mol. The lowest BCUT2D eigenvalue weighted by Gasteiger charge is -2.29. The molecule has 1 saturated heterocycles. The summed E-state index contributed by atoms with van der Waals surface area (Å²) in [6, 6.07) is 5.49. The van der Waals surface area contributed by atoms with Crippen molar-refractivity contribution in [3.05, 3.63) is 30.0 Å². The Labute approximate surface area is 111 Å². The maximum absolute atomic E-state index is 12.5. The predicted octanol–water partition coefficient (Wildman–Crippen LogP) is 1.35. The fourth-order valence-corrected chi connectivity index (χ4v) is 2.56. The fraction of sp³-hybridized carbons (Fsp3) is 0.357. The number of nitrogens with two attached hydrogens (primary N) is 1. The van der Waals surface area contributed by atoms with Gasteiger partial charge in [0.1, 0.15) is 0 Å². The molecule has 1 fully saturated rings. The van der Waals surface area contributed by atoms with Crippen LogP contribution in [0.5, 0.6) is 0 Å². The number of aliphatic hydroxyl groups is 1. The van der Waals surface area contributed by atoms with E-state index in [0.29, 0.717) is 37.2 Å². The molecule has 1 aromatic carbocycles. The molecule has 2 aromatic rings. The molecule has 3 rings (SSSR count). The number of aliphatic hydroxyl groups excluding tert-OH is 1. The fourth-order valence-electron chi connectivity index (χ4n) is 2.56. The molecule has 100 valence electrons. The lowest BCUT2D eigenvalue weighted by Crippen LogP contribution is -2.39. The minimum atomic E-state index is -0.271. The van der Waals surface area contributed by atoms with Crippen LogP contribution in [0.3, 0.4) is 0 Å². The van der Waals surface area contributed by atoms with Crippen LogP contribution in [-0.4, -0.2) is 40.1 Å². The molecule has 2 heterocycles. The van der Waals surface area contributed by atoms with Crippen LogP contribution in [0.1, 0.15) is 23.2 Å². The minimum absolute atomic E-state index is 0.0166. The van der Waals surface area contributed by atoms with E-state index >= 15 is 0 Å². The van der Waals surface area contributed by atoms with Crippen molar-refractivity contribution in [3.8, 4) is 0 Å². The maximum Gasteiger partial charge on any atom is 0.256 e. The number of fused-ring (bicyclic) bond motifs is 1. The van der Waals surface area contributed by atoms with Gasteiger partial charge in [-0.1, -0.05) is 0 Å². The van der Waals surface area contributed by atoms with Crippen molar-refractivity contribution in [2.24, 2.45) is 0 Å². The van der Waals surface area contributed by atoms with Gasteiger partial charge in [0.25, 0.3) is 5.91 Å². The van der Waals surface area contributed by atoms with Crippen molar-refractivity contribution in [2.75, 3.05) is 18.8 Å². The number of likely N-dealkylation sites (tertiary alicyclic amines) is 1. The number of aromatic nitrogens is 1. The number of anilines is 1. The third-order valence-corrected chi connectivity index (χ3v) is 3.69. The van der Waals surface area contributed by atoms with Crippen molar-refractivity contribution in [2.45, 2.75) is 18.9 Å². The zero-order chi connectivity index (χ0) is 13.4. The number of nitrogens with one attached hydrogen (secondary N) is 1. The molecular formula is C14H17N3O2. The van der Waals surface area contributed by atoms with Gasteiger partial charge in [0.05, 0.1) is 11.7 Å². The minimum Gasteiger partial charge on any atom is -0.399 e. The van der Waals surface area contributed by atoms with Crippen LogP contribution in [-0.2, 0) is 0 Å². The second kappa shape index (κ2) is 4.59. The maximum atomic E-state index is 12.5. The summed E-state index contributed by atoms with van der Waals surface area (Å²) in [4.78, 5) is 17.3. The highest BCUT2D eigenvalue weighted by Crippen LogP contribution is 2.23. The van der Waals surface area contributed by atoms with Crippen LogP contribution in [0, 0.1) is 0 Å². The molecule has 0 bridgehead atoms. The predicted molar refractivity (Wildman–Crippen MR) is 73.9 cm³/mol. The van der Waals surface area contributed by atoms with Gasteiger partial charge in [-0.15, -0.1) is 0 Å². The summed E-state index contributed by atoms with van der Waals surface area (Å²) in [5.74, 6) is 0.0166. The summed E-state index contributed by atoms with van der Waals surface area (Å²) in [7, 11) is 0. The van der Waals surface area contributed by atoms with Gasteiger partial charge in [0.15, 0.2) is 0 Å². The summed E-state index contributed by atoms with van der Waals surface area (Å²) in [5.41, 5.74) is 7.95. The second-order valence-electron chi connectivity index (χ2n) is 5.03. The first-order valence-electron chi connectivity index (χ1n) is 6.49. The average Bonchev–Trinajstić information content (AvgIpc) is 2.81. The number of hydrogen-bond acceptors (Lipinski definition) is 3. The Balaban J connectivity index is 1.89. The monoisotopic (exact) mass is 259 g/mol. The number of carbonyl (C=O) groups is 1. The van der Waals surface area contributed by atoms with Crippen LogP contribution in [0.2, 0.25) is 0 Å². The first kappa shape index (κ1) is 12.0. The highest BCUT2D eigenvalue weighted by molar-refractivity contribution is 6.07. The van der Waals surface area contributed by atoms with Gasteiger partial charge in [-0.3, -0.25) is 4.79 Å². The van der Waals surface area contributed by atoms with Gasteiger partial charge in [0.2, 0.25) is 0 Å². The van der Waals surface area contributed by atoms with E-state index in [-0.39, 0.29) is 12.0 Å². The number of rotatable bonds is 1. The number of aromatic amines is 1. The Hall–Kier alpha value is -2.01.